The molecular weight excluding hydrogens is 262 g/mol. The number of nitrogens with zero attached hydrogens (tertiary/aromatic N) is 1. The van der Waals surface area contributed by atoms with Gasteiger partial charge in [0, 0.05) is 24.7 Å². The highest BCUT2D eigenvalue weighted by molar-refractivity contribution is 9.09. The molecule has 1 heterocycles. The van der Waals surface area contributed by atoms with Gasteiger partial charge in [0.2, 0.25) is 0 Å². The number of rotatable bonds is 6. The van der Waals surface area contributed by atoms with E-state index in [-0.39, 0.29) is 10.7 Å². The Morgan fingerprint density at radius 3 is 3.20 bits per heavy atom. The van der Waals surface area contributed by atoms with Gasteiger partial charge in [0.15, 0.2) is 0 Å². The highest BCUT2D eigenvalue weighted by Gasteiger charge is 2.07. The number of carbonyl (C=O) groups is 1. The molecular formula is C9H14BrN3O2. The first-order valence-corrected chi connectivity index (χ1v) is 5.55. The molecule has 0 spiro atoms. The maximum Gasteiger partial charge on any atom is 0.254 e. The van der Waals surface area contributed by atoms with Crippen molar-refractivity contribution in [3.63, 3.8) is 0 Å². The molecule has 0 radical (unpaired) electrons. The van der Waals surface area contributed by atoms with Crippen molar-refractivity contribution in [1.29, 1.82) is 0 Å². The van der Waals surface area contributed by atoms with Gasteiger partial charge in [0.05, 0.1) is 18.4 Å². The fourth-order valence-electron chi connectivity index (χ4n) is 1.08. The molecule has 0 aliphatic heterocycles. The van der Waals surface area contributed by atoms with E-state index in [9.17, 15) is 4.79 Å². The second-order valence-electron chi connectivity index (χ2n) is 3.08. The monoisotopic (exact) mass is 275 g/mol. The average molecular weight is 276 g/mol. The molecule has 0 saturated carbocycles. The Bertz CT molecular complexity index is 290. The van der Waals surface area contributed by atoms with Crippen LogP contribution < -0.4 is 5.32 Å². The van der Waals surface area contributed by atoms with Crippen molar-refractivity contribution in [1.82, 2.24) is 15.5 Å². The molecule has 0 fully saturated rings. The van der Waals surface area contributed by atoms with Crippen LogP contribution in [0.5, 0.6) is 0 Å². The largest absolute Gasteiger partial charge is 0.384 e. The maximum atomic E-state index is 11.4. The highest BCUT2D eigenvalue weighted by Crippen LogP contribution is 2.04. The molecule has 1 aromatic rings. The molecule has 0 bridgehead atoms. The van der Waals surface area contributed by atoms with Crippen LogP contribution in [-0.4, -0.2) is 41.2 Å². The summed E-state index contributed by atoms with van der Waals surface area (Å²) in [5, 5.41) is 9.08. The van der Waals surface area contributed by atoms with Gasteiger partial charge in [-0.05, 0) is 6.42 Å². The minimum Gasteiger partial charge on any atom is -0.384 e. The number of alkyl halides is 1. The van der Waals surface area contributed by atoms with E-state index in [1.54, 1.807) is 13.3 Å². The molecule has 0 saturated heterocycles. The first kappa shape index (κ1) is 12.2. The van der Waals surface area contributed by atoms with Crippen LogP contribution in [0.3, 0.4) is 0 Å². The Morgan fingerprint density at radius 2 is 2.60 bits per heavy atom. The zero-order valence-corrected chi connectivity index (χ0v) is 10.1. The summed E-state index contributed by atoms with van der Waals surface area (Å²) in [6.45, 7) is 1.25. The lowest BCUT2D eigenvalue weighted by atomic mass is 10.3. The molecule has 1 amide bonds. The molecule has 2 N–H and O–H groups in total. The van der Waals surface area contributed by atoms with E-state index in [0.29, 0.717) is 18.7 Å². The van der Waals surface area contributed by atoms with Crippen LogP contribution in [0, 0.1) is 0 Å². The molecule has 0 aliphatic rings. The van der Waals surface area contributed by atoms with E-state index >= 15 is 0 Å². The topological polar surface area (TPSA) is 67.0 Å². The van der Waals surface area contributed by atoms with Crippen molar-refractivity contribution < 1.29 is 9.53 Å². The summed E-state index contributed by atoms with van der Waals surface area (Å²) < 4.78 is 4.96. The fraction of sp³-hybridized carbons (Fsp3) is 0.556. The summed E-state index contributed by atoms with van der Waals surface area (Å²) >= 11 is 3.44. The SMILES string of the molecule is COCC(Br)CCNC(=O)c1cn[nH]c1. The van der Waals surface area contributed by atoms with Crippen LogP contribution in [0.4, 0.5) is 0 Å². The third-order valence-electron chi connectivity index (χ3n) is 1.85. The van der Waals surface area contributed by atoms with Gasteiger partial charge in [-0.2, -0.15) is 5.10 Å². The predicted molar refractivity (Wildman–Crippen MR) is 60.1 cm³/mol. The zero-order chi connectivity index (χ0) is 11.1. The number of aromatic nitrogens is 2. The minimum absolute atomic E-state index is 0.110. The smallest absolute Gasteiger partial charge is 0.254 e. The lowest BCUT2D eigenvalue weighted by Gasteiger charge is -2.08. The maximum absolute atomic E-state index is 11.4. The Balaban J connectivity index is 2.18. The van der Waals surface area contributed by atoms with Gasteiger partial charge in [0.25, 0.3) is 5.91 Å². The van der Waals surface area contributed by atoms with Crippen molar-refractivity contribution in [3.05, 3.63) is 18.0 Å². The summed E-state index contributed by atoms with van der Waals surface area (Å²) in [5.41, 5.74) is 0.549. The number of H-pyrrole nitrogens is 1. The number of hydrogen-bond donors (Lipinski definition) is 2. The van der Waals surface area contributed by atoms with Gasteiger partial charge < -0.3 is 10.1 Å². The molecule has 15 heavy (non-hydrogen) atoms. The Labute approximate surface area is 96.7 Å². The third-order valence-corrected chi connectivity index (χ3v) is 2.57. The Kier molecular flexibility index (Phi) is 5.34. The van der Waals surface area contributed by atoms with Crippen LogP contribution in [0.2, 0.25) is 0 Å². The second kappa shape index (κ2) is 6.58. The van der Waals surface area contributed by atoms with Crippen molar-refractivity contribution in [3.8, 4) is 0 Å². The minimum atomic E-state index is -0.110. The fourth-order valence-corrected chi connectivity index (χ4v) is 1.58. The zero-order valence-electron chi connectivity index (χ0n) is 8.50. The quantitative estimate of drug-likeness (QED) is 0.760. The van der Waals surface area contributed by atoms with Crippen LogP contribution >= 0.6 is 15.9 Å². The Hall–Kier alpha value is -0.880. The van der Waals surface area contributed by atoms with Crippen molar-refractivity contribution >= 4 is 21.8 Å². The molecule has 0 aromatic carbocycles. The van der Waals surface area contributed by atoms with Gasteiger partial charge in [-0.1, -0.05) is 15.9 Å². The van der Waals surface area contributed by atoms with Crippen LogP contribution in [0.1, 0.15) is 16.8 Å². The van der Waals surface area contributed by atoms with E-state index in [1.807, 2.05) is 0 Å². The molecule has 84 valence electrons. The van der Waals surface area contributed by atoms with E-state index in [0.717, 1.165) is 6.42 Å². The number of carbonyl (C=O) groups excluding carboxylic acids is 1. The number of halogens is 1. The predicted octanol–water partition coefficient (Wildman–Crippen LogP) is 0.940. The highest BCUT2D eigenvalue weighted by atomic mass is 79.9. The summed E-state index contributed by atoms with van der Waals surface area (Å²) in [4.78, 5) is 11.7. The molecule has 0 aliphatic carbocycles. The standard InChI is InChI=1S/C9H14BrN3O2/c1-15-6-8(10)2-3-11-9(14)7-4-12-13-5-7/h4-5,8H,2-3,6H2,1H3,(H,11,14)(H,12,13). The van der Waals surface area contributed by atoms with Gasteiger partial charge in [-0.25, -0.2) is 0 Å². The number of methoxy groups -OCH3 is 1. The molecule has 6 heteroatoms. The number of nitrogens with one attached hydrogen (secondary N) is 2. The molecule has 1 atom stereocenters. The van der Waals surface area contributed by atoms with Gasteiger partial charge in [0.1, 0.15) is 0 Å². The molecule has 5 nitrogen and oxygen atoms in total. The summed E-state index contributed by atoms with van der Waals surface area (Å²) in [6.07, 6.45) is 3.89. The second-order valence-corrected chi connectivity index (χ2v) is 4.38. The first-order valence-electron chi connectivity index (χ1n) is 4.64. The third kappa shape index (κ3) is 4.44. The van der Waals surface area contributed by atoms with Gasteiger partial charge in [-0.3, -0.25) is 9.89 Å². The number of ether oxygens (including phenoxy) is 1. The van der Waals surface area contributed by atoms with E-state index < -0.39 is 0 Å². The molecule has 1 unspecified atom stereocenters. The van der Waals surface area contributed by atoms with Gasteiger partial charge in [-0.15, -0.1) is 0 Å². The van der Waals surface area contributed by atoms with Crippen LogP contribution in [0.25, 0.3) is 0 Å². The van der Waals surface area contributed by atoms with E-state index in [4.69, 9.17) is 4.74 Å². The van der Waals surface area contributed by atoms with Crippen LogP contribution in [0.15, 0.2) is 12.4 Å². The van der Waals surface area contributed by atoms with Crippen molar-refractivity contribution in [2.75, 3.05) is 20.3 Å². The number of amides is 1. The number of hydrogen-bond acceptors (Lipinski definition) is 3. The number of aromatic amines is 1. The van der Waals surface area contributed by atoms with E-state index in [2.05, 4.69) is 31.4 Å². The lowest BCUT2D eigenvalue weighted by Crippen LogP contribution is -2.26. The molecule has 1 aromatic heterocycles. The Morgan fingerprint density at radius 1 is 1.80 bits per heavy atom. The van der Waals surface area contributed by atoms with Crippen LogP contribution in [-0.2, 0) is 4.74 Å². The van der Waals surface area contributed by atoms with Gasteiger partial charge >= 0.3 is 0 Å². The lowest BCUT2D eigenvalue weighted by molar-refractivity contribution is 0.0952. The summed E-state index contributed by atoms with van der Waals surface area (Å²) in [5.74, 6) is -0.110. The van der Waals surface area contributed by atoms with E-state index in [1.165, 1.54) is 6.20 Å². The normalized spacial score (nSPS) is 12.4. The van der Waals surface area contributed by atoms with Crippen molar-refractivity contribution in [2.45, 2.75) is 11.2 Å². The summed E-state index contributed by atoms with van der Waals surface area (Å²) in [7, 11) is 1.65. The molecule has 1 rings (SSSR count). The van der Waals surface area contributed by atoms with Crippen molar-refractivity contribution in [2.24, 2.45) is 0 Å². The average Bonchev–Trinajstić information content (AvgIpc) is 2.70. The first-order chi connectivity index (χ1) is 7.24. The summed E-state index contributed by atoms with van der Waals surface area (Å²) in [6, 6.07) is 0.